The van der Waals surface area contributed by atoms with Crippen LogP contribution in [-0.4, -0.2) is 15.5 Å². The molecule has 0 aliphatic heterocycles. The van der Waals surface area contributed by atoms with Gasteiger partial charge in [0.25, 0.3) is 10.0 Å². The molecule has 0 unspecified atom stereocenters. The molecule has 1 heterocycles. The highest BCUT2D eigenvalue weighted by atomic mass is 35.5. The first-order chi connectivity index (χ1) is 12.0. The lowest BCUT2D eigenvalue weighted by Crippen LogP contribution is -2.30. The summed E-state index contributed by atoms with van der Waals surface area (Å²) in [6, 6.07) is 17.0. The van der Waals surface area contributed by atoms with Gasteiger partial charge in [0.05, 0.1) is 24.2 Å². The number of thiophene rings is 1. The molecule has 0 saturated carbocycles. The molecule has 0 amide bonds. The van der Waals surface area contributed by atoms with Crippen LogP contribution in [0.5, 0.6) is 5.75 Å². The Morgan fingerprint density at radius 2 is 1.72 bits per heavy atom. The Morgan fingerprint density at radius 3 is 2.28 bits per heavy atom. The molecule has 130 valence electrons. The third kappa shape index (κ3) is 3.98. The van der Waals surface area contributed by atoms with Crippen molar-refractivity contribution in [3.05, 3.63) is 75.9 Å². The Kier molecular flexibility index (Phi) is 5.32. The topological polar surface area (TPSA) is 46.6 Å². The number of hydrogen-bond acceptors (Lipinski definition) is 4. The van der Waals surface area contributed by atoms with Crippen molar-refractivity contribution >= 4 is 38.6 Å². The number of nitrogens with zero attached hydrogens (tertiary/aromatic N) is 1. The summed E-state index contributed by atoms with van der Waals surface area (Å²) in [7, 11) is -2.15. The predicted octanol–water partition coefficient (Wildman–Crippen LogP) is 4.81. The summed E-state index contributed by atoms with van der Waals surface area (Å²) < 4.78 is 32.9. The number of ether oxygens (including phenoxy) is 1. The minimum atomic E-state index is -3.73. The monoisotopic (exact) mass is 393 g/mol. The fraction of sp³-hybridized carbons (Fsp3) is 0.111. The lowest BCUT2D eigenvalue weighted by molar-refractivity contribution is 0.415. The molecule has 0 aliphatic rings. The van der Waals surface area contributed by atoms with Gasteiger partial charge in [0.2, 0.25) is 0 Å². The van der Waals surface area contributed by atoms with Gasteiger partial charge in [0, 0.05) is 9.90 Å². The number of halogens is 1. The molecule has 0 bridgehead atoms. The number of rotatable bonds is 6. The first-order valence-electron chi connectivity index (χ1n) is 7.45. The molecule has 3 aromatic rings. The smallest absolute Gasteiger partial charge is 0.264 e. The Labute approximate surface area is 156 Å². The van der Waals surface area contributed by atoms with E-state index in [0.29, 0.717) is 16.5 Å². The molecule has 0 atom stereocenters. The van der Waals surface area contributed by atoms with Crippen LogP contribution in [0.4, 0.5) is 5.69 Å². The van der Waals surface area contributed by atoms with Crippen LogP contribution in [0.1, 0.15) is 4.88 Å². The van der Waals surface area contributed by atoms with Crippen LogP contribution in [0.3, 0.4) is 0 Å². The minimum absolute atomic E-state index is 0.198. The SMILES string of the molecule is COc1ccc(N(Cc2cccs2)S(=O)(=O)c2ccc(Cl)cc2)cc1. The van der Waals surface area contributed by atoms with E-state index in [1.54, 1.807) is 43.5 Å². The van der Waals surface area contributed by atoms with Gasteiger partial charge in [-0.1, -0.05) is 17.7 Å². The molecule has 0 N–H and O–H groups in total. The van der Waals surface area contributed by atoms with Crippen LogP contribution in [0.25, 0.3) is 0 Å². The molecule has 7 heteroatoms. The maximum Gasteiger partial charge on any atom is 0.264 e. The number of anilines is 1. The van der Waals surface area contributed by atoms with Crippen molar-refractivity contribution in [1.29, 1.82) is 0 Å². The predicted molar refractivity (Wildman–Crippen MR) is 102 cm³/mol. The summed E-state index contributed by atoms with van der Waals surface area (Å²) in [5.74, 6) is 0.670. The van der Waals surface area contributed by atoms with E-state index >= 15 is 0 Å². The number of hydrogen-bond donors (Lipinski definition) is 0. The zero-order valence-electron chi connectivity index (χ0n) is 13.4. The van der Waals surface area contributed by atoms with Crippen LogP contribution in [0, 0.1) is 0 Å². The second-order valence-electron chi connectivity index (χ2n) is 5.24. The average Bonchev–Trinajstić information content (AvgIpc) is 3.13. The highest BCUT2D eigenvalue weighted by molar-refractivity contribution is 7.92. The highest BCUT2D eigenvalue weighted by Crippen LogP contribution is 2.29. The second-order valence-corrected chi connectivity index (χ2v) is 8.57. The van der Waals surface area contributed by atoms with Crippen molar-refractivity contribution in [1.82, 2.24) is 0 Å². The first-order valence-corrected chi connectivity index (χ1v) is 10.2. The summed E-state index contributed by atoms with van der Waals surface area (Å²) in [5.41, 5.74) is 0.573. The Bertz CT molecular complexity index is 921. The summed E-state index contributed by atoms with van der Waals surface area (Å²) in [5, 5.41) is 2.42. The lowest BCUT2D eigenvalue weighted by atomic mass is 10.3. The minimum Gasteiger partial charge on any atom is -0.497 e. The van der Waals surface area contributed by atoms with E-state index in [2.05, 4.69) is 0 Å². The van der Waals surface area contributed by atoms with Crippen LogP contribution in [0.15, 0.2) is 70.9 Å². The number of sulfonamides is 1. The second kappa shape index (κ2) is 7.47. The van der Waals surface area contributed by atoms with Crippen LogP contribution in [0.2, 0.25) is 5.02 Å². The van der Waals surface area contributed by atoms with Crippen LogP contribution in [-0.2, 0) is 16.6 Å². The van der Waals surface area contributed by atoms with Gasteiger partial charge >= 0.3 is 0 Å². The largest absolute Gasteiger partial charge is 0.497 e. The molecule has 3 rings (SSSR count). The summed E-state index contributed by atoms with van der Waals surface area (Å²) >= 11 is 7.40. The van der Waals surface area contributed by atoms with Crippen molar-refractivity contribution in [3.8, 4) is 5.75 Å². The van der Waals surface area contributed by atoms with Gasteiger partial charge in [0.15, 0.2) is 0 Å². The van der Waals surface area contributed by atoms with Crippen molar-refractivity contribution in [2.24, 2.45) is 0 Å². The zero-order chi connectivity index (χ0) is 17.9. The van der Waals surface area contributed by atoms with Gasteiger partial charge in [0.1, 0.15) is 5.75 Å². The zero-order valence-corrected chi connectivity index (χ0v) is 15.8. The average molecular weight is 394 g/mol. The summed E-state index contributed by atoms with van der Waals surface area (Å²) in [4.78, 5) is 1.15. The Morgan fingerprint density at radius 1 is 1.04 bits per heavy atom. The number of methoxy groups -OCH3 is 1. The Hall–Kier alpha value is -2.02. The highest BCUT2D eigenvalue weighted by Gasteiger charge is 2.25. The van der Waals surface area contributed by atoms with Gasteiger partial charge in [-0.05, 0) is 60.0 Å². The molecule has 0 saturated heterocycles. The molecule has 0 radical (unpaired) electrons. The molecule has 0 fully saturated rings. The molecule has 25 heavy (non-hydrogen) atoms. The molecular weight excluding hydrogens is 378 g/mol. The fourth-order valence-corrected chi connectivity index (χ4v) is 4.68. The Balaban J connectivity index is 2.04. The van der Waals surface area contributed by atoms with E-state index in [9.17, 15) is 8.42 Å². The van der Waals surface area contributed by atoms with E-state index in [-0.39, 0.29) is 11.4 Å². The maximum absolute atomic E-state index is 13.2. The molecule has 0 spiro atoms. The standard InChI is InChI=1S/C18H16ClNO3S2/c1-23-16-8-6-15(7-9-16)20(13-17-3-2-12-24-17)25(21,22)18-10-4-14(19)5-11-18/h2-12H,13H2,1H3. The van der Waals surface area contributed by atoms with Gasteiger partial charge in [-0.2, -0.15) is 0 Å². The first kappa shape index (κ1) is 17.8. The van der Waals surface area contributed by atoms with Gasteiger partial charge in [-0.25, -0.2) is 8.42 Å². The quantitative estimate of drug-likeness (QED) is 0.604. The van der Waals surface area contributed by atoms with E-state index in [1.165, 1.54) is 27.8 Å². The fourth-order valence-electron chi connectivity index (χ4n) is 2.34. The van der Waals surface area contributed by atoms with Crippen molar-refractivity contribution in [2.75, 3.05) is 11.4 Å². The van der Waals surface area contributed by atoms with Crippen molar-refractivity contribution in [3.63, 3.8) is 0 Å². The number of benzene rings is 2. The van der Waals surface area contributed by atoms with Crippen molar-refractivity contribution < 1.29 is 13.2 Å². The third-order valence-corrected chi connectivity index (χ3v) is 6.54. The van der Waals surface area contributed by atoms with Crippen LogP contribution < -0.4 is 9.04 Å². The summed E-state index contributed by atoms with van der Waals surface area (Å²) in [6.07, 6.45) is 0. The normalized spacial score (nSPS) is 11.3. The van der Waals surface area contributed by atoms with E-state index in [0.717, 1.165) is 4.88 Å². The molecular formula is C18H16ClNO3S2. The van der Waals surface area contributed by atoms with E-state index in [4.69, 9.17) is 16.3 Å². The molecule has 2 aromatic carbocycles. The van der Waals surface area contributed by atoms with Crippen LogP contribution >= 0.6 is 22.9 Å². The van der Waals surface area contributed by atoms with E-state index in [1.807, 2.05) is 17.5 Å². The van der Waals surface area contributed by atoms with E-state index < -0.39 is 10.0 Å². The third-order valence-electron chi connectivity index (χ3n) is 3.64. The molecule has 1 aromatic heterocycles. The summed E-state index contributed by atoms with van der Waals surface area (Å²) in [6.45, 7) is 0.259. The molecule has 0 aliphatic carbocycles. The molecule has 4 nitrogen and oxygen atoms in total. The lowest BCUT2D eigenvalue weighted by Gasteiger charge is -2.24. The maximum atomic E-state index is 13.2. The van der Waals surface area contributed by atoms with Gasteiger partial charge in [-0.15, -0.1) is 11.3 Å². The van der Waals surface area contributed by atoms with Gasteiger partial charge in [-0.3, -0.25) is 4.31 Å². The van der Waals surface area contributed by atoms with Crippen molar-refractivity contribution in [2.45, 2.75) is 11.4 Å². The van der Waals surface area contributed by atoms with Gasteiger partial charge < -0.3 is 4.74 Å².